The summed E-state index contributed by atoms with van der Waals surface area (Å²) in [5.74, 6) is -0.201. The molecule has 0 radical (unpaired) electrons. The van der Waals surface area contributed by atoms with Crippen molar-refractivity contribution >= 4 is 5.91 Å². The third-order valence-corrected chi connectivity index (χ3v) is 3.93. The van der Waals surface area contributed by atoms with Crippen LogP contribution in [0.1, 0.15) is 28.8 Å². The lowest BCUT2D eigenvalue weighted by Gasteiger charge is -2.08. The van der Waals surface area contributed by atoms with Crippen molar-refractivity contribution in [2.24, 2.45) is 0 Å². The lowest BCUT2D eigenvalue weighted by atomic mass is 10.1. The first kappa shape index (κ1) is 14.5. The van der Waals surface area contributed by atoms with Gasteiger partial charge in [-0.2, -0.15) is 5.10 Å². The Balaban J connectivity index is 1.62. The van der Waals surface area contributed by atoms with E-state index in [9.17, 15) is 9.59 Å². The molecule has 0 spiro atoms. The van der Waals surface area contributed by atoms with Gasteiger partial charge in [-0.25, -0.2) is 4.68 Å². The average molecular weight is 297 g/mol. The van der Waals surface area contributed by atoms with E-state index >= 15 is 0 Å². The number of aryl methyl sites for hydroxylation is 3. The first-order valence-electron chi connectivity index (χ1n) is 7.54. The van der Waals surface area contributed by atoms with Crippen LogP contribution in [0.25, 0.3) is 0 Å². The average Bonchev–Trinajstić information content (AvgIpc) is 2.94. The van der Waals surface area contributed by atoms with Crippen molar-refractivity contribution in [1.29, 1.82) is 0 Å². The Morgan fingerprint density at radius 1 is 1.27 bits per heavy atom. The number of hydrogen-bond donors (Lipinski definition) is 1. The molecule has 1 amide bonds. The minimum atomic E-state index is -0.203. The molecule has 3 rings (SSSR count). The van der Waals surface area contributed by atoms with Gasteiger partial charge in [-0.15, -0.1) is 0 Å². The number of hydrogen-bond acceptors (Lipinski definition) is 3. The standard InChI is InChI=1S/C17H19N3O2/c1-12-5-7-13(8-6-12)10-18-16(21)11-20-17(22)9-14-3-2-4-15(14)19-20/h5-9H,2-4,10-11H2,1H3,(H,18,21). The molecule has 0 unspecified atom stereocenters. The Kier molecular flexibility index (Phi) is 4.04. The van der Waals surface area contributed by atoms with E-state index in [1.54, 1.807) is 6.07 Å². The number of carbonyl (C=O) groups is 1. The van der Waals surface area contributed by atoms with E-state index in [0.29, 0.717) is 6.54 Å². The first-order chi connectivity index (χ1) is 10.6. The van der Waals surface area contributed by atoms with E-state index in [0.717, 1.165) is 36.1 Å². The lowest BCUT2D eigenvalue weighted by Crippen LogP contribution is -2.33. The van der Waals surface area contributed by atoms with Crippen LogP contribution in [-0.2, 0) is 30.7 Å². The van der Waals surface area contributed by atoms with Crippen molar-refractivity contribution in [3.63, 3.8) is 0 Å². The number of rotatable bonds is 4. The predicted octanol–water partition coefficient (Wildman–Crippen LogP) is 1.36. The van der Waals surface area contributed by atoms with Crippen LogP contribution in [0.4, 0.5) is 0 Å². The van der Waals surface area contributed by atoms with Gasteiger partial charge in [-0.05, 0) is 37.3 Å². The van der Waals surface area contributed by atoms with Crippen LogP contribution in [0, 0.1) is 6.92 Å². The Bertz CT molecular complexity index is 747. The lowest BCUT2D eigenvalue weighted by molar-refractivity contribution is -0.122. The van der Waals surface area contributed by atoms with Gasteiger partial charge < -0.3 is 5.32 Å². The Morgan fingerprint density at radius 3 is 2.82 bits per heavy atom. The van der Waals surface area contributed by atoms with Gasteiger partial charge in [-0.3, -0.25) is 9.59 Å². The molecule has 0 fully saturated rings. The van der Waals surface area contributed by atoms with Gasteiger partial charge in [0.15, 0.2) is 0 Å². The summed E-state index contributed by atoms with van der Waals surface area (Å²) >= 11 is 0. The van der Waals surface area contributed by atoms with Gasteiger partial charge in [0.1, 0.15) is 6.54 Å². The van der Waals surface area contributed by atoms with Crippen LogP contribution < -0.4 is 10.9 Å². The number of fused-ring (bicyclic) bond motifs is 1. The molecule has 22 heavy (non-hydrogen) atoms. The summed E-state index contributed by atoms with van der Waals surface area (Å²) in [7, 11) is 0. The van der Waals surface area contributed by atoms with E-state index in [-0.39, 0.29) is 18.0 Å². The summed E-state index contributed by atoms with van der Waals surface area (Å²) in [6.45, 7) is 2.45. The highest BCUT2D eigenvalue weighted by Crippen LogP contribution is 2.16. The molecule has 1 aliphatic rings. The molecule has 0 saturated heterocycles. The van der Waals surface area contributed by atoms with E-state index < -0.39 is 0 Å². The molecule has 1 N–H and O–H groups in total. The molecule has 5 nitrogen and oxygen atoms in total. The van der Waals surface area contributed by atoms with Crippen molar-refractivity contribution in [1.82, 2.24) is 15.1 Å². The van der Waals surface area contributed by atoms with Crippen molar-refractivity contribution in [2.75, 3.05) is 0 Å². The van der Waals surface area contributed by atoms with E-state index in [4.69, 9.17) is 0 Å². The molecule has 0 atom stereocenters. The zero-order chi connectivity index (χ0) is 15.5. The topological polar surface area (TPSA) is 64.0 Å². The highest BCUT2D eigenvalue weighted by Gasteiger charge is 2.15. The van der Waals surface area contributed by atoms with Crippen molar-refractivity contribution < 1.29 is 4.79 Å². The van der Waals surface area contributed by atoms with Crippen LogP contribution in [0.3, 0.4) is 0 Å². The smallest absolute Gasteiger partial charge is 0.267 e. The van der Waals surface area contributed by atoms with Crippen LogP contribution in [0.5, 0.6) is 0 Å². The molecule has 0 bridgehead atoms. The number of nitrogens with one attached hydrogen (secondary N) is 1. The van der Waals surface area contributed by atoms with Crippen LogP contribution >= 0.6 is 0 Å². The Hall–Kier alpha value is -2.43. The van der Waals surface area contributed by atoms with Crippen molar-refractivity contribution in [3.05, 3.63) is 63.1 Å². The maximum atomic E-state index is 12.0. The quantitative estimate of drug-likeness (QED) is 0.926. The molecule has 0 aliphatic heterocycles. The van der Waals surface area contributed by atoms with Gasteiger partial charge in [0.2, 0.25) is 5.91 Å². The van der Waals surface area contributed by atoms with Crippen molar-refractivity contribution in [2.45, 2.75) is 39.3 Å². The number of nitrogens with zero attached hydrogens (tertiary/aromatic N) is 2. The predicted molar refractivity (Wildman–Crippen MR) is 83.5 cm³/mol. The van der Waals surface area contributed by atoms with Gasteiger partial charge in [0.25, 0.3) is 5.56 Å². The van der Waals surface area contributed by atoms with E-state index in [1.807, 2.05) is 31.2 Å². The third-order valence-electron chi connectivity index (χ3n) is 3.93. The summed E-state index contributed by atoms with van der Waals surface area (Å²) in [4.78, 5) is 23.9. The minimum Gasteiger partial charge on any atom is -0.350 e. The largest absolute Gasteiger partial charge is 0.350 e. The van der Waals surface area contributed by atoms with Crippen LogP contribution in [0.15, 0.2) is 35.1 Å². The van der Waals surface area contributed by atoms with Gasteiger partial charge >= 0.3 is 0 Å². The molecule has 1 aliphatic carbocycles. The van der Waals surface area contributed by atoms with E-state index in [2.05, 4.69) is 10.4 Å². The summed E-state index contributed by atoms with van der Waals surface area (Å²) in [6, 6.07) is 9.59. The molecule has 0 saturated carbocycles. The van der Waals surface area contributed by atoms with Gasteiger partial charge in [0, 0.05) is 12.6 Å². The molecule has 5 heteroatoms. The normalized spacial score (nSPS) is 13.0. The van der Waals surface area contributed by atoms with Crippen molar-refractivity contribution in [3.8, 4) is 0 Å². The highest BCUT2D eigenvalue weighted by molar-refractivity contribution is 5.75. The molecule has 2 aromatic rings. The second-order valence-corrected chi connectivity index (χ2v) is 5.73. The zero-order valence-electron chi connectivity index (χ0n) is 12.6. The molecule has 114 valence electrons. The fraction of sp³-hybridized carbons (Fsp3) is 0.353. The summed E-state index contributed by atoms with van der Waals surface area (Å²) < 4.78 is 1.26. The fourth-order valence-corrected chi connectivity index (χ4v) is 2.65. The van der Waals surface area contributed by atoms with E-state index in [1.165, 1.54) is 10.2 Å². The second kappa shape index (κ2) is 6.13. The number of benzene rings is 1. The van der Waals surface area contributed by atoms with Crippen LogP contribution in [-0.4, -0.2) is 15.7 Å². The monoisotopic (exact) mass is 297 g/mol. The Labute approximate surface area is 129 Å². The molecule has 1 heterocycles. The maximum absolute atomic E-state index is 12.0. The highest BCUT2D eigenvalue weighted by atomic mass is 16.2. The number of amides is 1. The maximum Gasteiger partial charge on any atom is 0.267 e. The SMILES string of the molecule is Cc1ccc(CNC(=O)Cn2nc3c(cc2=O)CCC3)cc1. The molecular weight excluding hydrogens is 278 g/mol. The first-order valence-corrected chi connectivity index (χ1v) is 7.54. The number of aromatic nitrogens is 2. The Morgan fingerprint density at radius 2 is 2.05 bits per heavy atom. The molecular formula is C17H19N3O2. The third kappa shape index (κ3) is 3.24. The van der Waals surface area contributed by atoms with Gasteiger partial charge in [0.05, 0.1) is 5.69 Å². The summed E-state index contributed by atoms with van der Waals surface area (Å²) in [5, 5.41) is 7.13. The minimum absolute atomic E-state index is 0.0298. The fourth-order valence-electron chi connectivity index (χ4n) is 2.65. The number of carbonyl (C=O) groups excluding carboxylic acids is 1. The van der Waals surface area contributed by atoms with Crippen LogP contribution in [0.2, 0.25) is 0 Å². The summed E-state index contributed by atoms with van der Waals surface area (Å²) in [5.41, 5.74) is 4.00. The molecule has 1 aromatic carbocycles. The zero-order valence-corrected chi connectivity index (χ0v) is 12.6. The molecule has 1 aromatic heterocycles. The summed E-state index contributed by atoms with van der Waals surface area (Å²) in [6.07, 6.45) is 2.84. The van der Waals surface area contributed by atoms with Gasteiger partial charge in [-0.1, -0.05) is 29.8 Å². The second-order valence-electron chi connectivity index (χ2n) is 5.73.